The number of aliphatic hydroxyl groups excluding tert-OH is 2. The topological polar surface area (TPSA) is 146 Å². The molecule has 1 saturated heterocycles. The lowest BCUT2D eigenvalue weighted by Gasteiger charge is -2.60. The minimum atomic E-state index is -1.50. The number of aldehydes is 1. The van der Waals surface area contributed by atoms with Crippen molar-refractivity contribution in [2.24, 2.45) is 22.9 Å². The van der Waals surface area contributed by atoms with Crippen molar-refractivity contribution in [3.63, 3.8) is 0 Å². The second kappa shape index (κ2) is 28.6. The summed E-state index contributed by atoms with van der Waals surface area (Å²) in [7, 11) is 0. The third kappa shape index (κ3) is 14.1. The Hall–Kier alpha value is -5.53. The van der Waals surface area contributed by atoms with Crippen LogP contribution in [0.1, 0.15) is 163 Å². The number of carbonyl (C=O) groups excluding carboxylic acids is 2. The lowest BCUT2D eigenvalue weighted by Crippen LogP contribution is -2.70. The lowest BCUT2D eigenvalue weighted by molar-refractivity contribution is -0.256. The Morgan fingerprint density at radius 2 is 1.59 bits per heavy atom. The predicted octanol–water partition coefficient (Wildman–Crippen LogP) is 14.2. The quantitative estimate of drug-likeness (QED) is 0.0224. The van der Waals surface area contributed by atoms with E-state index < -0.39 is 30.1 Å². The second-order valence-corrected chi connectivity index (χ2v) is 21.0. The molecule has 0 aromatic heterocycles. The summed E-state index contributed by atoms with van der Waals surface area (Å²) in [6, 6.07) is 26.6. The number of hydrogen-bond acceptors (Lipinski definition) is 11. The molecule has 7 atom stereocenters. The number of carbonyl (C=O) groups is 2. The Balaban J connectivity index is 1.25. The van der Waals surface area contributed by atoms with E-state index in [1.807, 2.05) is 41.3 Å². The Labute approximate surface area is 445 Å². The van der Waals surface area contributed by atoms with Gasteiger partial charge in [-0.1, -0.05) is 149 Å². The number of allylic oxidation sites excluding steroid dienone is 1. The number of hydrogen-bond donors (Lipinski definition) is 2. The van der Waals surface area contributed by atoms with E-state index in [0.29, 0.717) is 54.4 Å². The first-order valence-electron chi connectivity index (χ1n) is 28.4. The fourth-order valence-electron chi connectivity index (χ4n) is 12.2. The third-order valence-electron chi connectivity index (χ3n) is 15.8. The fourth-order valence-corrected chi connectivity index (χ4v) is 12.2. The number of benzene rings is 4. The van der Waals surface area contributed by atoms with Gasteiger partial charge in [0.05, 0.1) is 38.0 Å². The molecule has 75 heavy (non-hydrogen) atoms. The maximum Gasteiger partial charge on any atom is 0.410 e. The third-order valence-corrected chi connectivity index (χ3v) is 15.8. The highest BCUT2D eigenvalue weighted by Gasteiger charge is 2.66. The van der Waals surface area contributed by atoms with Crippen LogP contribution < -0.4 is 9.47 Å². The lowest BCUT2D eigenvalue weighted by atomic mass is 9.55. The molecular weight excluding hydrogens is 945 g/mol. The summed E-state index contributed by atoms with van der Waals surface area (Å²) >= 11 is 0. The number of nitrogens with zero attached hydrogens (tertiary/aromatic N) is 2. The summed E-state index contributed by atoms with van der Waals surface area (Å²) in [6.45, 7) is 7.74. The van der Waals surface area contributed by atoms with Gasteiger partial charge in [-0.3, -0.25) is 9.69 Å². The molecule has 2 fully saturated rings. The number of aliphatic hydroxyl groups is 2. The summed E-state index contributed by atoms with van der Waals surface area (Å²) in [5, 5.41) is 27.4. The van der Waals surface area contributed by atoms with Crippen molar-refractivity contribution in [3.05, 3.63) is 126 Å². The maximum atomic E-state index is 15.4. The van der Waals surface area contributed by atoms with Gasteiger partial charge < -0.3 is 38.7 Å². The number of amides is 1. The number of unbranched alkanes of at least 4 members (excludes halogenated alkanes) is 11. The minimum absolute atomic E-state index is 0.00407. The van der Waals surface area contributed by atoms with Crippen LogP contribution in [0.5, 0.6) is 17.2 Å². The van der Waals surface area contributed by atoms with E-state index in [1.165, 1.54) is 44.9 Å². The summed E-state index contributed by atoms with van der Waals surface area (Å²) < 4.78 is 33.9. The highest BCUT2D eigenvalue weighted by molar-refractivity contribution is 6.03. The Morgan fingerprint density at radius 1 is 0.840 bits per heavy atom. The molecule has 12 heteroatoms. The number of rotatable bonds is 30. The van der Waals surface area contributed by atoms with Crippen LogP contribution in [0.25, 0.3) is 10.8 Å². The van der Waals surface area contributed by atoms with Gasteiger partial charge in [-0.15, -0.1) is 6.58 Å². The first kappa shape index (κ1) is 55.7. The van der Waals surface area contributed by atoms with Crippen LogP contribution in [0, 0.1) is 17.8 Å². The monoisotopic (exact) mass is 1030 g/mol. The van der Waals surface area contributed by atoms with Crippen LogP contribution in [0.2, 0.25) is 0 Å². The first-order chi connectivity index (χ1) is 36.9. The minimum Gasteiger partial charge on any atom is -0.459 e. The molecule has 8 rings (SSSR count). The highest BCUT2D eigenvalue weighted by atomic mass is 16.8. The molecule has 1 unspecified atom stereocenters. The van der Waals surface area contributed by atoms with E-state index >= 15 is 4.79 Å². The van der Waals surface area contributed by atoms with Gasteiger partial charge in [-0.25, -0.2) is 4.79 Å². The van der Waals surface area contributed by atoms with Gasteiger partial charge in [0.25, 0.3) is 0 Å². The van der Waals surface area contributed by atoms with Crippen molar-refractivity contribution in [2.75, 3.05) is 33.0 Å². The van der Waals surface area contributed by atoms with Crippen LogP contribution in [0.3, 0.4) is 0 Å². The summed E-state index contributed by atoms with van der Waals surface area (Å²) in [5.74, 6) is -0.553. The molecule has 4 aromatic carbocycles. The molecule has 0 radical (unpaired) electrons. The van der Waals surface area contributed by atoms with Crippen molar-refractivity contribution in [1.82, 2.24) is 4.90 Å². The van der Waals surface area contributed by atoms with Gasteiger partial charge in [-0.05, 0) is 109 Å². The smallest absolute Gasteiger partial charge is 0.410 e. The van der Waals surface area contributed by atoms with Crippen molar-refractivity contribution in [1.29, 1.82) is 0 Å². The molecule has 0 bridgehead atoms. The van der Waals surface area contributed by atoms with Crippen molar-refractivity contribution in [2.45, 2.75) is 166 Å². The number of fused-ring (bicyclic) bond motifs is 3. The molecule has 1 saturated carbocycles. The van der Waals surface area contributed by atoms with Crippen molar-refractivity contribution >= 4 is 28.9 Å². The largest absolute Gasteiger partial charge is 0.459 e. The molecule has 404 valence electrons. The fraction of sp³-hybridized carbons (Fsp3) is 0.540. The van der Waals surface area contributed by atoms with Crippen LogP contribution in [0.15, 0.2) is 114 Å². The maximum absolute atomic E-state index is 15.4. The Bertz CT molecular complexity index is 2510. The normalized spacial score (nSPS) is 23.3. The van der Waals surface area contributed by atoms with Crippen LogP contribution in [0.4, 0.5) is 4.79 Å². The van der Waals surface area contributed by atoms with Crippen LogP contribution in [-0.4, -0.2) is 84.4 Å². The zero-order valence-electron chi connectivity index (χ0n) is 44.4. The summed E-state index contributed by atoms with van der Waals surface area (Å²) in [6.07, 6.45) is 22.9. The average molecular weight is 1030 g/mol. The molecule has 12 nitrogen and oxygen atoms in total. The van der Waals surface area contributed by atoms with Gasteiger partial charge in [0.15, 0.2) is 0 Å². The van der Waals surface area contributed by atoms with Crippen LogP contribution >= 0.6 is 0 Å². The molecule has 2 aliphatic carbocycles. The summed E-state index contributed by atoms with van der Waals surface area (Å²) in [4.78, 5) is 35.5. The average Bonchev–Trinajstić information content (AvgIpc) is 3.53. The van der Waals surface area contributed by atoms with Gasteiger partial charge in [-0.2, -0.15) is 0 Å². The zero-order chi connectivity index (χ0) is 52.2. The van der Waals surface area contributed by atoms with Crippen molar-refractivity contribution < 1.29 is 48.3 Å². The molecule has 4 aromatic rings. The van der Waals surface area contributed by atoms with Gasteiger partial charge in [0, 0.05) is 43.1 Å². The Kier molecular flexibility index (Phi) is 21.2. The number of oxime groups is 1. The molecule has 1 amide bonds. The SMILES string of the molecule is C=CCO[C@@]12Oc3ccc(Oc4cccc(C=O)c4)cc3[C@H]3[C@H](CCCCO)[C@@H](CCCCO)C=C(C(=NOC4CCCCO4)C[C@@H]1N(Cc1cccc4ccccc14)C(=O)OCCCCCCCCCCCC)[C@H]32. The Morgan fingerprint density at radius 3 is 2.35 bits per heavy atom. The van der Waals surface area contributed by atoms with Gasteiger partial charge >= 0.3 is 6.09 Å². The van der Waals surface area contributed by atoms with E-state index in [-0.39, 0.29) is 57.1 Å². The second-order valence-electron chi connectivity index (χ2n) is 21.0. The molecule has 4 aliphatic rings. The molecule has 0 spiro atoms. The van der Waals surface area contributed by atoms with E-state index in [2.05, 4.69) is 49.9 Å². The molecule has 2 aliphatic heterocycles. The van der Waals surface area contributed by atoms with E-state index in [0.717, 1.165) is 91.5 Å². The standard InChI is InChI=1S/C63H82N2O10/c1-3-5-6-7-8-9-10-11-12-20-39-71-62(69)65(44-49-28-23-27-47-25-13-14-30-52(47)49)58-43-56(64-75-59-32-17-21-38-70-59)54-41-48(26-15-18-35-66)53(31-16-19-36-67)60-55-42-51(73-50-29-22-24-46(40-50)45-68)33-34-57(55)74-63(58,61(54)60)72-37-4-2/h4,13-14,22-25,27-30,33-34,40-42,45,48,53,58-61,66-67H,2-3,5-12,15-21,26,31-32,35-39,43-44H2,1H3/t48-,53+,58-,59?,60+,61+,63+/m0/s1. The van der Waals surface area contributed by atoms with Gasteiger partial charge in [0.2, 0.25) is 12.1 Å². The number of ether oxygens (including phenoxy) is 5. The first-order valence-corrected chi connectivity index (χ1v) is 28.4. The van der Waals surface area contributed by atoms with Gasteiger partial charge in [0.1, 0.15) is 29.6 Å². The molecule has 2 heterocycles. The summed E-state index contributed by atoms with van der Waals surface area (Å²) in [5.41, 5.74) is 4.01. The predicted molar refractivity (Wildman–Crippen MR) is 294 cm³/mol. The highest BCUT2D eigenvalue weighted by Crippen LogP contribution is 2.62. The van der Waals surface area contributed by atoms with E-state index in [1.54, 1.807) is 24.3 Å². The zero-order valence-corrected chi connectivity index (χ0v) is 44.4. The van der Waals surface area contributed by atoms with E-state index in [9.17, 15) is 15.0 Å². The van der Waals surface area contributed by atoms with E-state index in [4.69, 9.17) is 33.7 Å². The molecular formula is C63H82N2O10. The van der Waals surface area contributed by atoms with Crippen LogP contribution in [-0.2, 0) is 25.6 Å². The molecule has 2 N–H and O–H groups in total. The van der Waals surface area contributed by atoms with Crippen molar-refractivity contribution in [3.8, 4) is 17.2 Å².